The summed E-state index contributed by atoms with van der Waals surface area (Å²) in [4.78, 5) is 41.8. The highest BCUT2D eigenvalue weighted by atomic mass is 16.6. The SMILES string of the molecule is Cc1cccc(N2C(=O)C(=O)/C(=C(/O)c3cccc([N+](=O)[O-])c3)C2c2c[nH]c3ccccc23)c1. The summed E-state index contributed by atoms with van der Waals surface area (Å²) in [5.74, 6) is -2.11. The number of aliphatic hydroxyl groups excluding tert-OH is 1. The summed E-state index contributed by atoms with van der Waals surface area (Å²) in [7, 11) is 0. The Morgan fingerprint density at radius 2 is 1.79 bits per heavy atom. The van der Waals surface area contributed by atoms with E-state index in [0.29, 0.717) is 11.3 Å². The van der Waals surface area contributed by atoms with Crippen molar-refractivity contribution in [3.05, 3.63) is 111 Å². The van der Waals surface area contributed by atoms with Gasteiger partial charge in [0.15, 0.2) is 0 Å². The van der Waals surface area contributed by atoms with Crippen LogP contribution in [0.4, 0.5) is 11.4 Å². The number of Topliss-reactive ketones (excluding diaryl/α,β-unsaturated/α-hetero) is 1. The van der Waals surface area contributed by atoms with Crippen LogP contribution in [0.3, 0.4) is 0 Å². The van der Waals surface area contributed by atoms with Crippen molar-refractivity contribution in [1.82, 2.24) is 4.98 Å². The summed E-state index contributed by atoms with van der Waals surface area (Å²) < 4.78 is 0. The molecule has 8 nitrogen and oxygen atoms in total. The van der Waals surface area contributed by atoms with E-state index in [2.05, 4.69) is 4.98 Å². The fraction of sp³-hybridized carbons (Fsp3) is 0.0769. The molecule has 0 aliphatic carbocycles. The van der Waals surface area contributed by atoms with Gasteiger partial charge in [-0.3, -0.25) is 24.6 Å². The molecule has 0 bridgehead atoms. The van der Waals surface area contributed by atoms with E-state index in [1.807, 2.05) is 37.3 Å². The van der Waals surface area contributed by atoms with Crippen LogP contribution in [0, 0.1) is 17.0 Å². The minimum Gasteiger partial charge on any atom is -0.507 e. The average molecular weight is 453 g/mol. The number of H-pyrrole nitrogens is 1. The summed E-state index contributed by atoms with van der Waals surface area (Å²) in [6.45, 7) is 1.88. The number of non-ortho nitro benzene ring substituents is 1. The van der Waals surface area contributed by atoms with Crippen molar-refractivity contribution in [3.63, 3.8) is 0 Å². The molecule has 4 aromatic rings. The van der Waals surface area contributed by atoms with E-state index in [1.165, 1.54) is 29.2 Å². The van der Waals surface area contributed by atoms with Crippen molar-refractivity contribution < 1.29 is 19.6 Å². The van der Waals surface area contributed by atoms with E-state index in [0.717, 1.165) is 16.5 Å². The fourth-order valence-electron chi connectivity index (χ4n) is 4.41. The number of hydrogen-bond acceptors (Lipinski definition) is 5. The van der Waals surface area contributed by atoms with Gasteiger partial charge >= 0.3 is 0 Å². The number of ketones is 1. The van der Waals surface area contributed by atoms with E-state index >= 15 is 0 Å². The number of amides is 1. The van der Waals surface area contributed by atoms with Crippen LogP contribution >= 0.6 is 0 Å². The van der Waals surface area contributed by atoms with Gasteiger partial charge in [0.1, 0.15) is 5.76 Å². The van der Waals surface area contributed by atoms with Gasteiger partial charge in [0.25, 0.3) is 17.4 Å². The Balaban J connectivity index is 1.78. The number of aryl methyl sites for hydroxylation is 1. The van der Waals surface area contributed by atoms with Gasteiger partial charge in [0.05, 0.1) is 16.5 Å². The fourth-order valence-corrected chi connectivity index (χ4v) is 4.41. The molecule has 1 saturated heterocycles. The lowest BCUT2D eigenvalue weighted by Crippen LogP contribution is -2.29. The second-order valence-electron chi connectivity index (χ2n) is 8.11. The van der Waals surface area contributed by atoms with Crippen molar-refractivity contribution in [3.8, 4) is 0 Å². The van der Waals surface area contributed by atoms with Gasteiger partial charge in [-0.25, -0.2) is 0 Å². The van der Waals surface area contributed by atoms with Crippen molar-refractivity contribution in [2.24, 2.45) is 0 Å². The van der Waals surface area contributed by atoms with E-state index in [9.17, 15) is 24.8 Å². The number of nitro groups is 1. The number of benzene rings is 3. The molecule has 1 aliphatic rings. The molecule has 1 unspecified atom stereocenters. The third-order valence-electron chi connectivity index (χ3n) is 5.97. The largest absolute Gasteiger partial charge is 0.507 e. The first-order chi connectivity index (χ1) is 16.4. The molecule has 3 aromatic carbocycles. The average Bonchev–Trinajstić information content (AvgIpc) is 3.37. The summed E-state index contributed by atoms with van der Waals surface area (Å²) in [5, 5.41) is 23.3. The van der Waals surface area contributed by atoms with Crippen LogP contribution in [-0.4, -0.2) is 26.7 Å². The minimum atomic E-state index is -0.933. The number of hydrogen-bond donors (Lipinski definition) is 2. The van der Waals surface area contributed by atoms with E-state index < -0.39 is 28.4 Å². The molecule has 5 rings (SSSR count). The molecule has 0 saturated carbocycles. The molecule has 0 spiro atoms. The zero-order valence-corrected chi connectivity index (χ0v) is 18.1. The number of nitrogens with one attached hydrogen (secondary N) is 1. The van der Waals surface area contributed by atoms with Crippen LogP contribution in [0.2, 0.25) is 0 Å². The lowest BCUT2D eigenvalue weighted by Gasteiger charge is -2.25. The molecule has 1 aromatic heterocycles. The second kappa shape index (κ2) is 8.00. The minimum absolute atomic E-state index is 0.0845. The number of para-hydroxylation sites is 1. The number of aromatic nitrogens is 1. The van der Waals surface area contributed by atoms with Crippen LogP contribution in [0.5, 0.6) is 0 Å². The number of aromatic amines is 1. The topological polar surface area (TPSA) is 117 Å². The first-order valence-corrected chi connectivity index (χ1v) is 10.6. The Bertz CT molecular complexity index is 1520. The molecule has 8 heteroatoms. The van der Waals surface area contributed by atoms with Gasteiger partial charge in [-0.2, -0.15) is 0 Å². The summed E-state index contributed by atoms with van der Waals surface area (Å²) in [6.07, 6.45) is 1.71. The number of nitro benzene ring substituents is 1. The normalized spacial score (nSPS) is 17.4. The monoisotopic (exact) mass is 453 g/mol. The second-order valence-corrected chi connectivity index (χ2v) is 8.11. The maximum absolute atomic E-state index is 13.3. The highest BCUT2D eigenvalue weighted by Gasteiger charge is 2.47. The zero-order valence-electron chi connectivity index (χ0n) is 18.1. The quantitative estimate of drug-likeness (QED) is 0.148. The standard InChI is InChI=1S/C26H19N3O5/c1-15-6-4-8-17(12-15)28-23(20-14-27-21-11-3-2-10-19(20)21)22(25(31)26(28)32)24(30)16-7-5-9-18(13-16)29(33)34/h2-14,23,27,30H,1H3/b24-22+. The molecule has 0 radical (unpaired) electrons. The predicted molar refractivity (Wildman–Crippen MR) is 127 cm³/mol. The Kier molecular flexibility index (Phi) is 4.98. The Morgan fingerprint density at radius 1 is 1.03 bits per heavy atom. The lowest BCUT2D eigenvalue weighted by molar-refractivity contribution is -0.384. The number of aliphatic hydroxyl groups is 1. The van der Waals surface area contributed by atoms with E-state index in [-0.39, 0.29) is 16.8 Å². The number of fused-ring (bicyclic) bond motifs is 1. The molecule has 34 heavy (non-hydrogen) atoms. The van der Waals surface area contributed by atoms with Gasteiger partial charge in [0.2, 0.25) is 0 Å². The number of anilines is 1. The maximum Gasteiger partial charge on any atom is 0.300 e. The first kappa shape index (κ1) is 21.1. The lowest BCUT2D eigenvalue weighted by atomic mass is 9.94. The number of nitrogens with zero attached hydrogens (tertiary/aromatic N) is 2. The maximum atomic E-state index is 13.3. The van der Waals surface area contributed by atoms with Crippen molar-refractivity contribution >= 4 is 39.7 Å². The molecule has 168 valence electrons. The van der Waals surface area contributed by atoms with Crippen LogP contribution in [0.15, 0.2) is 84.6 Å². The summed E-state index contributed by atoms with van der Waals surface area (Å²) in [5.41, 5.74) is 2.57. The van der Waals surface area contributed by atoms with E-state index in [4.69, 9.17) is 0 Å². The molecular formula is C26H19N3O5. The third kappa shape index (κ3) is 3.32. The van der Waals surface area contributed by atoms with Gasteiger partial charge in [-0.15, -0.1) is 0 Å². The molecule has 1 atom stereocenters. The first-order valence-electron chi connectivity index (χ1n) is 10.6. The molecule has 2 heterocycles. The Morgan fingerprint density at radius 3 is 2.56 bits per heavy atom. The van der Waals surface area contributed by atoms with Crippen LogP contribution in [0.25, 0.3) is 16.7 Å². The highest BCUT2D eigenvalue weighted by Crippen LogP contribution is 2.44. The number of carbonyl (C=O) groups excluding carboxylic acids is 2. The van der Waals surface area contributed by atoms with Crippen molar-refractivity contribution in [1.29, 1.82) is 0 Å². The van der Waals surface area contributed by atoms with Gasteiger partial charge in [-0.1, -0.05) is 42.5 Å². The Hall–Kier alpha value is -4.72. The molecular weight excluding hydrogens is 434 g/mol. The van der Waals surface area contributed by atoms with Crippen molar-refractivity contribution in [2.45, 2.75) is 13.0 Å². The van der Waals surface area contributed by atoms with Gasteiger partial charge < -0.3 is 10.1 Å². The molecule has 1 fully saturated rings. The number of carbonyl (C=O) groups is 2. The number of rotatable bonds is 4. The summed E-state index contributed by atoms with van der Waals surface area (Å²) in [6, 6.07) is 19.1. The molecule has 1 aliphatic heterocycles. The van der Waals surface area contributed by atoms with Crippen molar-refractivity contribution in [2.75, 3.05) is 4.90 Å². The third-order valence-corrected chi connectivity index (χ3v) is 5.97. The predicted octanol–water partition coefficient (Wildman–Crippen LogP) is 5.01. The zero-order chi connectivity index (χ0) is 24.0. The molecule has 1 amide bonds. The van der Waals surface area contributed by atoms with E-state index in [1.54, 1.807) is 24.4 Å². The smallest absolute Gasteiger partial charge is 0.300 e. The van der Waals surface area contributed by atoms with Gasteiger partial charge in [-0.05, 0) is 30.7 Å². The highest BCUT2D eigenvalue weighted by molar-refractivity contribution is 6.51. The molecule has 2 N–H and O–H groups in total. The van der Waals surface area contributed by atoms with Crippen LogP contribution < -0.4 is 4.90 Å². The Labute approximate surface area is 193 Å². The van der Waals surface area contributed by atoms with Crippen LogP contribution in [0.1, 0.15) is 22.7 Å². The summed E-state index contributed by atoms with van der Waals surface area (Å²) >= 11 is 0. The van der Waals surface area contributed by atoms with Crippen LogP contribution in [-0.2, 0) is 9.59 Å². The van der Waals surface area contributed by atoms with Gasteiger partial charge in [0, 0.05) is 46.0 Å².